The molecule has 2 heterocycles. The van der Waals surface area contributed by atoms with Crippen LogP contribution in [0.15, 0.2) is 30.3 Å². The first kappa shape index (κ1) is 23.7. The number of benzene rings is 1. The minimum absolute atomic E-state index is 0.270. The summed E-state index contributed by atoms with van der Waals surface area (Å²) in [7, 11) is 1.55. The molecule has 2 aromatic rings. The van der Waals surface area contributed by atoms with E-state index in [-0.39, 0.29) is 18.4 Å². The van der Waals surface area contributed by atoms with Crippen LogP contribution < -0.4 is 9.64 Å². The van der Waals surface area contributed by atoms with E-state index in [0.29, 0.717) is 37.7 Å². The lowest BCUT2D eigenvalue weighted by atomic mass is 10.2. The second kappa shape index (κ2) is 9.27. The molecule has 176 valence electrons. The van der Waals surface area contributed by atoms with Crippen LogP contribution >= 0.6 is 0 Å². The molecule has 1 fully saturated rings. The Hall–Kier alpha value is -2.95. The molecule has 1 aliphatic heterocycles. The van der Waals surface area contributed by atoms with Crippen LogP contribution in [0.25, 0.3) is 5.69 Å². The fraction of sp³-hybridized carbons (Fsp3) is 0.524. The van der Waals surface area contributed by atoms with Crippen LogP contribution in [0.5, 0.6) is 5.75 Å². The molecule has 0 N–H and O–H groups in total. The molecule has 0 spiro atoms. The van der Waals surface area contributed by atoms with E-state index in [4.69, 9.17) is 9.47 Å². The fourth-order valence-corrected chi connectivity index (χ4v) is 3.27. The third-order valence-electron chi connectivity index (χ3n) is 4.63. The molecular formula is C21H27F3N4O4. The number of piperazine rings is 1. The molecule has 1 aliphatic rings. The summed E-state index contributed by atoms with van der Waals surface area (Å²) in [6, 6.07) is 7.34. The number of hydrogen-bond donors (Lipinski definition) is 0. The average Bonchev–Trinajstić information content (AvgIpc) is 3.10. The number of alkyl halides is 3. The van der Waals surface area contributed by atoms with Crippen LogP contribution in [0.2, 0.25) is 0 Å². The maximum atomic E-state index is 12.4. The number of halogens is 3. The van der Waals surface area contributed by atoms with E-state index in [1.54, 1.807) is 16.7 Å². The van der Waals surface area contributed by atoms with Crippen molar-refractivity contribution in [3.63, 3.8) is 0 Å². The summed E-state index contributed by atoms with van der Waals surface area (Å²) in [6.07, 6.45) is -5.09. The molecule has 1 amide bonds. The van der Waals surface area contributed by atoms with Gasteiger partial charge in [0, 0.05) is 39.4 Å². The largest absolute Gasteiger partial charge is 0.573 e. The van der Waals surface area contributed by atoms with Crippen molar-refractivity contribution in [1.82, 2.24) is 14.7 Å². The van der Waals surface area contributed by atoms with Crippen molar-refractivity contribution in [3.8, 4) is 11.4 Å². The minimum Gasteiger partial charge on any atom is -0.444 e. The van der Waals surface area contributed by atoms with Crippen LogP contribution in [0.1, 0.15) is 26.5 Å². The molecule has 8 nitrogen and oxygen atoms in total. The van der Waals surface area contributed by atoms with Gasteiger partial charge in [-0.2, -0.15) is 0 Å². The van der Waals surface area contributed by atoms with E-state index in [2.05, 4.69) is 9.84 Å². The van der Waals surface area contributed by atoms with Crippen molar-refractivity contribution in [3.05, 3.63) is 36.0 Å². The van der Waals surface area contributed by atoms with Crippen molar-refractivity contribution >= 4 is 11.9 Å². The zero-order valence-corrected chi connectivity index (χ0v) is 18.5. The van der Waals surface area contributed by atoms with Crippen molar-refractivity contribution in [2.24, 2.45) is 0 Å². The Morgan fingerprint density at radius 2 is 1.69 bits per heavy atom. The summed E-state index contributed by atoms with van der Waals surface area (Å²) in [4.78, 5) is 16.0. The molecule has 0 bridgehead atoms. The summed E-state index contributed by atoms with van der Waals surface area (Å²) in [6.45, 7) is 7.87. The molecule has 0 unspecified atom stereocenters. The minimum atomic E-state index is -4.75. The van der Waals surface area contributed by atoms with Crippen LogP contribution in [-0.4, -0.2) is 66.0 Å². The van der Waals surface area contributed by atoms with Crippen LogP contribution in [-0.2, 0) is 16.1 Å². The SMILES string of the molecule is COCc1cc(N2CCN(C(=O)OC(C)(C)C)CC2)nn1-c1ccc(OC(F)(F)F)cc1. The third-order valence-corrected chi connectivity index (χ3v) is 4.63. The highest BCUT2D eigenvalue weighted by Gasteiger charge is 2.31. The smallest absolute Gasteiger partial charge is 0.444 e. The van der Waals surface area contributed by atoms with Gasteiger partial charge in [-0.15, -0.1) is 18.3 Å². The normalized spacial score (nSPS) is 15.1. The van der Waals surface area contributed by atoms with Gasteiger partial charge in [-0.1, -0.05) is 0 Å². The lowest BCUT2D eigenvalue weighted by molar-refractivity contribution is -0.274. The van der Waals surface area contributed by atoms with E-state index >= 15 is 0 Å². The van der Waals surface area contributed by atoms with Crippen molar-refractivity contribution in [1.29, 1.82) is 0 Å². The predicted molar refractivity (Wildman–Crippen MR) is 111 cm³/mol. The standard InChI is InChI=1S/C21H27F3N4O4/c1-20(2,3)32-19(29)27-11-9-26(10-12-27)18-13-16(14-30-4)28(25-18)15-5-7-17(8-6-15)31-21(22,23)24/h5-8,13H,9-12,14H2,1-4H3. The van der Waals surface area contributed by atoms with E-state index in [1.165, 1.54) is 24.3 Å². The monoisotopic (exact) mass is 456 g/mol. The highest BCUT2D eigenvalue weighted by atomic mass is 19.4. The maximum absolute atomic E-state index is 12.4. The van der Waals surface area contributed by atoms with Crippen molar-refractivity contribution in [2.45, 2.75) is 39.3 Å². The molecule has 1 aromatic heterocycles. The maximum Gasteiger partial charge on any atom is 0.573 e. The van der Waals surface area contributed by atoms with Gasteiger partial charge in [-0.25, -0.2) is 9.48 Å². The lowest BCUT2D eigenvalue weighted by Crippen LogP contribution is -2.50. The number of anilines is 1. The topological polar surface area (TPSA) is 69.1 Å². The van der Waals surface area contributed by atoms with Gasteiger partial charge < -0.3 is 24.0 Å². The molecule has 3 rings (SSSR count). The molecule has 1 aromatic carbocycles. The van der Waals surface area contributed by atoms with E-state index in [1.807, 2.05) is 31.7 Å². The summed E-state index contributed by atoms with van der Waals surface area (Å²) in [5.41, 5.74) is 0.759. The van der Waals surface area contributed by atoms with Gasteiger partial charge in [-0.05, 0) is 45.0 Å². The molecule has 32 heavy (non-hydrogen) atoms. The highest BCUT2D eigenvalue weighted by molar-refractivity contribution is 5.68. The van der Waals surface area contributed by atoms with Gasteiger partial charge in [0.2, 0.25) is 0 Å². The lowest BCUT2D eigenvalue weighted by Gasteiger charge is -2.35. The third kappa shape index (κ3) is 6.28. The molecule has 11 heteroatoms. The van der Waals surface area contributed by atoms with Crippen LogP contribution in [0.4, 0.5) is 23.8 Å². The first-order valence-electron chi connectivity index (χ1n) is 10.1. The van der Waals surface area contributed by atoms with E-state index in [0.717, 1.165) is 5.69 Å². The number of hydrogen-bond acceptors (Lipinski definition) is 6. The fourth-order valence-electron chi connectivity index (χ4n) is 3.27. The first-order valence-corrected chi connectivity index (χ1v) is 10.1. The van der Waals surface area contributed by atoms with Crippen molar-refractivity contribution in [2.75, 3.05) is 38.2 Å². The highest BCUT2D eigenvalue weighted by Crippen LogP contribution is 2.26. The average molecular weight is 456 g/mol. The molecular weight excluding hydrogens is 429 g/mol. The van der Waals surface area contributed by atoms with E-state index < -0.39 is 12.0 Å². The van der Waals surface area contributed by atoms with Gasteiger partial charge in [-0.3, -0.25) is 0 Å². The van der Waals surface area contributed by atoms with Gasteiger partial charge >= 0.3 is 12.5 Å². The van der Waals surface area contributed by atoms with Gasteiger partial charge in [0.25, 0.3) is 0 Å². The number of carbonyl (C=O) groups excluding carboxylic acids is 1. The number of methoxy groups -OCH3 is 1. The molecule has 1 saturated heterocycles. The second-order valence-electron chi connectivity index (χ2n) is 8.33. The first-order chi connectivity index (χ1) is 14.9. The molecule has 0 radical (unpaired) electrons. The number of aromatic nitrogens is 2. The van der Waals surface area contributed by atoms with Crippen LogP contribution in [0.3, 0.4) is 0 Å². The van der Waals surface area contributed by atoms with E-state index in [9.17, 15) is 18.0 Å². The Morgan fingerprint density at radius 1 is 1.06 bits per heavy atom. The zero-order valence-electron chi connectivity index (χ0n) is 18.5. The molecule has 0 aliphatic carbocycles. The van der Waals surface area contributed by atoms with Gasteiger partial charge in [0.1, 0.15) is 11.4 Å². The Bertz CT molecular complexity index is 915. The van der Waals surface area contributed by atoms with Gasteiger partial charge in [0.05, 0.1) is 18.0 Å². The summed E-state index contributed by atoms with van der Waals surface area (Å²) in [5.74, 6) is 0.386. The Morgan fingerprint density at radius 3 is 2.22 bits per heavy atom. The zero-order chi connectivity index (χ0) is 23.5. The summed E-state index contributed by atoms with van der Waals surface area (Å²) >= 11 is 0. The summed E-state index contributed by atoms with van der Waals surface area (Å²) in [5, 5.41) is 4.62. The number of ether oxygens (including phenoxy) is 3. The molecule has 0 atom stereocenters. The number of rotatable bonds is 5. The number of carbonyl (C=O) groups is 1. The Labute approximate surface area is 184 Å². The van der Waals surface area contributed by atoms with Gasteiger partial charge in [0.15, 0.2) is 5.82 Å². The summed E-state index contributed by atoms with van der Waals surface area (Å²) < 4.78 is 53.4. The second-order valence-corrected chi connectivity index (χ2v) is 8.33. The van der Waals surface area contributed by atoms with Crippen molar-refractivity contribution < 1.29 is 32.2 Å². The Kier molecular flexibility index (Phi) is 6.87. The Balaban J connectivity index is 1.72. The van der Waals surface area contributed by atoms with Crippen LogP contribution in [0, 0.1) is 0 Å². The predicted octanol–water partition coefficient (Wildman–Crippen LogP) is 3.97. The number of amides is 1. The quantitative estimate of drug-likeness (QED) is 0.678. The molecule has 0 saturated carbocycles. The number of nitrogens with zero attached hydrogens (tertiary/aromatic N) is 4.